The summed E-state index contributed by atoms with van der Waals surface area (Å²) >= 11 is 3.41. The lowest BCUT2D eigenvalue weighted by Crippen LogP contribution is -2.07. The van der Waals surface area contributed by atoms with Crippen molar-refractivity contribution in [1.29, 1.82) is 0 Å². The van der Waals surface area contributed by atoms with E-state index < -0.39 is 0 Å². The molecule has 0 aliphatic heterocycles. The molecule has 1 unspecified atom stereocenters. The fourth-order valence-electron chi connectivity index (χ4n) is 1.81. The van der Waals surface area contributed by atoms with Crippen molar-refractivity contribution in [1.82, 2.24) is 0 Å². The molecule has 0 radical (unpaired) electrons. The molecular weight excluding hydrogens is 312 g/mol. The van der Waals surface area contributed by atoms with E-state index in [1.807, 2.05) is 13.0 Å². The number of hydrogen-bond acceptors (Lipinski definition) is 4. The number of nitrogens with zero attached hydrogens (tertiary/aromatic N) is 1. The van der Waals surface area contributed by atoms with Crippen molar-refractivity contribution in [2.75, 3.05) is 5.32 Å². The van der Waals surface area contributed by atoms with Gasteiger partial charge in [0.1, 0.15) is 0 Å². The number of nitrogens with one attached hydrogen (secondary N) is 1. The highest BCUT2D eigenvalue weighted by atomic mass is 79.9. The number of anilines is 1. The van der Waals surface area contributed by atoms with Crippen LogP contribution in [0.15, 0.2) is 39.6 Å². The second kappa shape index (κ2) is 5.44. The third kappa shape index (κ3) is 2.96. The number of furan rings is 1. The average Bonchev–Trinajstić information content (AvgIpc) is 2.85. The fourth-order valence-corrected chi connectivity index (χ4v) is 2.38. The van der Waals surface area contributed by atoms with Crippen LogP contribution >= 0.6 is 15.9 Å². The van der Waals surface area contributed by atoms with E-state index >= 15 is 0 Å². The molecule has 0 fully saturated rings. The summed E-state index contributed by atoms with van der Waals surface area (Å²) in [5.74, 6) is 0. The summed E-state index contributed by atoms with van der Waals surface area (Å²) in [6, 6.07) is 5.13. The Morgan fingerprint density at radius 2 is 2.21 bits per heavy atom. The maximum atomic E-state index is 10.9. The van der Waals surface area contributed by atoms with Gasteiger partial charge in [-0.1, -0.05) is 0 Å². The maximum absolute atomic E-state index is 10.9. The summed E-state index contributed by atoms with van der Waals surface area (Å²) in [7, 11) is 0. The molecule has 0 spiro atoms. The number of halogens is 1. The van der Waals surface area contributed by atoms with Crippen molar-refractivity contribution in [2.45, 2.75) is 19.9 Å². The molecule has 2 aromatic rings. The summed E-state index contributed by atoms with van der Waals surface area (Å²) in [5.41, 5.74) is 2.39. The molecule has 2 rings (SSSR count). The number of nitro groups is 1. The minimum Gasteiger partial charge on any atom is -0.472 e. The van der Waals surface area contributed by atoms with Crippen LogP contribution in [0.4, 0.5) is 11.4 Å². The molecule has 0 saturated carbocycles. The first-order chi connectivity index (χ1) is 8.99. The molecule has 1 atom stereocenters. The molecule has 1 aromatic carbocycles. The van der Waals surface area contributed by atoms with E-state index in [0.717, 1.165) is 10.0 Å². The lowest BCUT2D eigenvalue weighted by Gasteiger charge is -2.15. The number of benzene rings is 1. The van der Waals surface area contributed by atoms with Crippen LogP contribution in [0, 0.1) is 17.0 Å². The molecule has 100 valence electrons. The van der Waals surface area contributed by atoms with Crippen molar-refractivity contribution in [3.05, 3.63) is 56.4 Å². The number of aryl methyl sites for hydroxylation is 1. The topological polar surface area (TPSA) is 68.3 Å². The minimum atomic E-state index is -0.379. The molecule has 19 heavy (non-hydrogen) atoms. The smallest absolute Gasteiger partial charge is 0.274 e. The quantitative estimate of drug-likeness (QED) is 0.667. The molecule has 1 N–H and O–H groups in total. The first-order valence-electron chi connectivity index (χ1n) is 5.72. The minimum absolute atomic E-state index is 0.00244. The van der Waals surface area contributed by atoms with Crippen molar-refractivity contribution < 1.29 is 9.34 Å². The van der Waals surface area contributed by atoms with Crippen molar-refractivity contribution in [3.8, 4) is 0 Å². The summed E-state index contributed by atoms with van der Waals surface area (Å²) in [6.07, 6.45) is 3.24. The Bertz CT molecular complexity index is 596. The molecular formula is C13H13BrN2O3. The lowest BCUT2D eigenvalue weighted by atomic mass is 10.1. The molecule has 1 aromatic heterocycles. The Hall–Kier alpha value is -1.82. The number of nitro benzene ring substituents is 1. The average molecular weight is 325 g/mol. The highest BCUT2D eigenvalue weighted by Gasteiger charge is 2.16. The molecule has 0 saturated heterocycles. The first kappa shape index (κ1) is 13.6. The van der Waals surface area contributed by atoms with Crippen LogP contribution in [-0.2, 0) is 0 Å². The van der Waals surface area contributed by atoms with Crippen molar-refractivity contribution >= 4 is 27.3 Å². The van der Waals surface area contributed by atoms with Crippen LogP contribution in [0.25, 0.3) is 0 Å². The second-order valence-electron chi connectivity index (χ2n) is 4.30. The van der Waals surface area contributed by atoms with Gasteiger partial charge in [-0.3, -0.25) is 10.1 Å². The van der Waals surface area contributed by atoms with E-state index in [4.69, 9.17) is 4.42 Å². The van der Waals surface area contributed by atoms with Crippen molar-refractivity contribution in [2.24, 2.45) is 0 Å². The third-order valence-electron chi connectivity index (χ3n) is 2.90. The van der Waals surface area contributed by atoms with E-state index in [9.17, 15) is 10.1 Å². The fraction of sp³-hybridized carbons (Fsp3) is 0.231. The van der Waals surface area contributed by atoms with Gasteiger partial charge < -0.3 is 9.73 Å². The Labute approximate surface area is 118 Å². The molecule has 0 aliphatic rings. The Balaban J connectivity index is 2.30. The van der Waals surface area contributed by atoms with Gasteiger partial charge in [0.05, 0.1) is 29.2 Å². The van der Waals surface area contributed by atoms with E-state index in [1.165, 1.54) is 6.07 Å². The number of hydrogen-bond donors (Lipinski definition) is 1. The van der Waals surface area contributed by atoms with Gasteiger partial charge in [-0.2, -0.15) is 0 Å². The van der Waals surface area contributed by atoms with E-state index in [1.54, 1.807) is 25.5 Å². The van der Waals surface area contributed by atoms with Gasteiger partial charge in [0.25, 0.3) is 5.69 Å². The van der Waals surface area contributed by atoms with Crippen LogP contribution in [0.1, 0.15) is 24.1 Å². The molecule has 0 aliphatic carbocycles. The Morgan fingerprint density at radius 1 is 1.47 bits per heavy atom. The highest BCUT2D eigenvalue weighted by Crippen LogP contribution is 2.32. The zero-order valence-electron chi connectivity index (χ0n) is 10.5. The van der Waals surface area contributed by atoms with Gasteiger partial charge in [0.2, 0.25) is 0 Å². The molecule has 0 bridgehead atoms. The third-order valence-corrected chi connectivity index (χ3v) is 3.55. The van der Waals surface area contributed by atoms with Gasteiger partial charge in [0.15, 0.2) is 0 Å². The van der Waals surface area contributed by atoms with Gasteiger partial charge in [-0.15, -0.1) is 0 Å². The van der Waals surface area contributed by atoms with Crippen LogP contribution in [0.3, 0.4) is 0 Å². The van der Waals surface area contributed by atoms with Gasteiger partial charge in [0, 0.05) is 21.7 Å². The van der Waals surface area contributed by atoms with Crippen LogP contribution in [-0.4, -0.2) is 4.92 Å². The van der Waals surface area contributed by atoms with Gasteiger partial charge >= 0.3 is 0 Å². The van der Waals surface area contributed by atoms with Gasteiger partial charge in [-0.05, 0) is 41.9 Å². The largest absolute Gasteiger partial charge is 0.472 e. The van der Waals surface area contributed by atoms with Crippen LogP contribution in [0.5, 0.6) is 0 Å². The summed E-state index contributed by atoms with van der Waals surface area (Å²) in [4.78, 5) is 10.6. The zero-order chi connectivity index (χ0) is 14.0. The summed E-state index contributed by atoms with van der Waals surface area (Å²) < 4.78 is 5.82. The van der Waals surface area contributed by atoms with Crippen LogP contribution in [0.2, 0.25) is 0 Å². The van der Waals surface area contributed by atoms with Crippen molar-refractivity contribution in [3.63, 3.8) is 0 Å². The SMILES string of the molecule is Cc1cc(Br)c(NC(C)c2ccoc2)cc1[N+](=O)[O-]. The first-order valence-corrected chi connectivity index (χ1v) is 6.51. The van der Waals surface area contributed by atoms with E-state index in [-0.39, 0.29) is 16.7 Å². The monoisotopic (exact) mass is 324 g/mol. The highest BCUT2D eigenvalue weighted by molar-refractivity contribution is 9.10. The van der Waals surface area contributed by atoms with Gasteiger partial charge in [-0.25, -0.2) is 0 Å². The predicted molar refractivity (Wildman–Crippen MR) is 76.3 cm³/mol. The van der Waals surface area contributed by atoms with Crippen LogP contribution < -0.4 is 5.32 Å². The summed E-state index contributed by atoms with van der Waals surface area (Å²) in [5, 5.41) is 14.2. The van der Waals surface area contributed by atoms with E-state index in [0.29, 0.717) is 11.3 Å². The molecule has 1 heterocycles. The van der Waals surface area contributed by atoms with E-state index in [2.05, 4.69) is 21.2 Å². The predicted octanol–water partition coefficient (Wildman–Crippen LogP) is 4.43. The lowest BCUT2D eigenvalue weighted by molar-refractivity contribution is -0.385. The Morgan fingerprint density at radius 3 is 2.79 bits per heavy atom. The number of rotatable bonds is 4. The normalized spacial score (nSPS) is 12.2. The Kier molecular flexibility index (Phi) is 3.90. The standard InChI is InChI=1S/C13H13BrN2O3/c1-8-5-11(14)12(6-13(8)16(17)18)15-9(2)10-3-4-19-7-10/h3-7,9,15H,1-2H3. The maximum Gasteiger partial charge on any atom is 0.274 e. The molecule has 6 heteroatoms. The summed E-state index contributed by atoms with van der Waals surface area (Å²) in [6.45, 7) is 3.68. The molecule has 5 nitrogen and oxygen atoms in total. The molecule has 0 amide bonds. The zero-order valence-corrected chi connectivity index (χ0v) is 12.1. The second-order valence-corrected chi connectivity index (χ2v) is 5.15.